The number of carbonyl (C=O) groups is 1. The van der Waals surface area contributed by atoms with Crippen molar-refractivity contribution < 1.29 is 34.0 Å². The van der Waals surface area contributed by atoms with Crippen LogP contribution in [0.1, 0.15) is 65.2 Å². The van der Waals surface area contributed by atoms with Gasteiger partial charge in [-0.15, -0.1) is 0 Å². The summed E-state index contributed by atoms with van der Waals surface area (Å²) in [5.41, 5.74) is 0.263. The lowest BCUT2D eigenvalue weighted by atomic mass is 9.60. The van der Waals surface area contributed by atoms with Crippen LogP contribution in [0.5, 0.6) is 0 Å². The molecule has 7 nitrogen and oxygen atoms in total. The minimum atomic E-state index is -0.831. The predicted molar refractivity (Wildman–Crippen MR) is 117 cm³/mol. The van der Waals surface area contributed by atoms with E-state index in [4.69, 9.17) is 18.9 Å². The Morgan fingerprint density at radius 3 is 2.03 bits per heavy atom. The van der Waals surface area contributed by atoms with E-state index in [1.165, 1.54) is 0 Å². The quantitative estimate of drug-likeness (QED) is 0.272. The Morgan fingerprint density at radius 2 is 1.52 bits per heavy atom. The summed E-state index contributed by atoms with van der Waals surface area (Å²) in [6.07, 6.45) is 8.20. The number of carbonyl (C=O) groups excluding carboxylic acids is 1. The molecule has 31 heavy (non-hydrogen) atoms. The monoisotopic (exact) mass is 442 g/mol. The SMILES string of the molecule is C=CC(=O)OCC(O)COC1CCC(C(C)(C)C2CCC(OC(O)COC)CC2)CC1. The lowest BCUT2D eigenvalue weighted by Gasteiger charge is -2.46. The van der Waals surface area contributed by atoms with Crippen LogP contribution in [-0.2, 0) is 23.7 Å². The fourth-order valence-corrected chi connectivity index (χ4v) is 5.19. The van der Waals surface area contributed by atoms with Gasteiger partial charge in [-0.1, -0.05) is 20.4 Å². The third-order valence-corrected chi connectivity index (χ3v) is 7.22. The average Bonchev–Trinajstić information content (AvgIpc) is 2.76. The standard InChI is InChI=1S/C24H42O7/c1-5-22(26)30-15-19(25)14-29-20-10-6-17(7-11-20)24(2,3)18-8-12-21(13-9-18)31-23(27)16-28-4/h5,17-21,23,25,27H,1,6-16H2,2-4H3. The van der Waals surface area contributed by atoms with E-state index >= 15 is 0 Å². The van der Waals surface area contributed by atoms with Gasteiger partial charge in [-0.3, -0.25) is 0 Å². The number of rotatable bonds is 12. The molecule has 0 heterocycles. The van der Waals surface area contributed by atoms with E-state index in [1.54, 1.807) is 7.11 Å². The molecular formula is C24H42O7. The molecule has 2 fully saturated rings. The molecule has 7 heteroatoms. The Labute approximate surface area is 187 Å². The summed E-state index contributed by atoms with van der Waals surface area (Å²) >= 11 is 0. The number of hydrogen-bond donors (Lipinski definition) is 2. The Balaban J connectivity index is 1.69. The van der Waals surface area contributed by atoms with Gasteiger partial charge in [0.05, 0.1) is 25.4 Å². The molecule has 2 rings (SSSR count). The van der Waals surface area contributed by atoms with E-state index in [2.05, 4.69) is 20.4 Å². The normalized spacial score (nSPS) is 29.2. The molecule has 0 amide bonds. The first-order valence-electron chi connectivity index (χ1n) is 11.7. The first-order valence-corrected chi connectivity index (χ1v) is 11.7. The number of hydrogen-bond acceptors (Lipinski definition) is 7. The third-order valence-electron chi connectivity index (χ3n) is 7.22. The Morgan fingerprint density at radius 1 is 0.968 bits per heavy atom. The number of aliphatic hydroxyl groups is 2. The zero-order chi connectivity index (χ0) is 22.9. The van der Waals surface area contributed by atoms with Crippen molar-refractivity contribution in [2.75, 3.05) is 26.9 Å². The molecule has 2 unspecified atom stereocenters. The van der Waals surface area contributed by atoms with Crippen LogP contribution in [0.4, 0.5) is 0 Å². The molecule has 180 valence electrons. The van der Waals surface area contributed by atoms with Gasteiger partial charge in [0.25, 0.3) is 0 Å². The molecule has 0 aromatic rings. The first kappa shape index (κ1) is 26.3. The van der Waals surface area contributed by atoms with Gasteiger partial charge < -0.3 is 29.2 Å². The summed E-state index contributed by atoms with van der Waals surface area (Å²) in [7, 11) is 1.56. The maximum absolute atomic E-state index is 11.1. The van der Waals surface area contributed by atoms with Gasteiger partial charge in [-0.2, -0.15) is 0 Å². The maximum atomic E-state index is 11.1. The van der Waals surface area contributed by atoms with Crippen molar-refractivity contribution in [2.45, 2.75) is 89.8 Å². The molecule has 0 bridgehead atoms. The highest BCUT2D eigenvalue weighted by Gasteiger charge is 2.41. The largest absolute Gasteiger partial charge is 0.460 e. The molecule has 0 aliphatic heterocycles. The number of ether oxygens (including phenoxy) is 4. The number of esters is 1. The van der Waals surface area contributed by atoms with E-state index in [1.807, 2.05) is 0 Å². The van der Waals surface area contributed by atoms with E-state index < -0.39 is 18.4 Å². The minimum absolute atomic E-state index is 0.0673. The molecule has 2 aliphatic rings. The van der Waals surface area contributed by atoms with Gasteiger partial charge in [0.2, 0.25) is 0 Å². The first-order chi connectivity index (χ1) is 14.8. The van der Waals surface area contributed by atoms with Crippen LogP contribution in [0.15, 0.2) is 12.7 Å². The van der Waals surface area contributed by atoms with Crippen molar-refractivity contribution in [1.82, 2.24) is 0 Å². The summed E-state index contributed by atoms with van der Waals surface area (Å²) in [5.74, 6) is 0.789. The van der Waals surface area contributed by atoms with Gasteiger partial charge in [-0.05, 0) is 68.6 Å². The van der Waals surface area contributed by atoms with Crippen LogP contribution in [-0.4, -0.2) is 67.7 Å². The van der Waals surface area contributed by atoms with E-state index in [0.29, 0.717) is 11.8 Å². The van der Waals surface area contributed by atoms with Crippen molar-refractivity contribution in [2.24, 2.45) is 17.3 Å². The summed E-state index contributed by atoms with van der Waals surface area (Å²) in [4.78, 5) is 11.1. The van der Waals surface area contributed by atoms with Crippen LogP contribution >= 0.6 is 0 Å². The molecule has 2 aliphatic carbocycles. The lowest BCUT2D eigenvalue weighted by molar-refractivity contribution is -0.172. The van der Waals surface area contributed by atoms with E-state index in [9.17, 15) is 15.0 Å². The summed E-state index contributed by atoms with van der Waals surface area (Å²) in [6, 6.07) is 0. The van der Waals surface area contributed by atoms with Crippen LogP contribution in [0.2, 0.25) is 0 Å². The smallest absolute Gasteiger partial charge is 0.330 e. The highest BCUT2D eigenvalue weighted by atomic mass is 16.6. The minimum Gasteiger partial charge on any atom is -0.460 e. The molecule has 2 atom stereocenters. The van der Waals surface area contributed by atoms with Crippen LogP contribution in [0.25, 0.3) is 0 Å². The molecule has 0 aromatic heterocycles. The van der Waals surface area contributed by atoms with Gasteiger partial charge in [-0.25, -0.2) is 4.79 Å². The number of methoxy groups -OCH3 is 1. The highest BCUT2D eigenvalue weighted by Crippen LogP contribution is 2.48. The summed E-state index contributed by atoms with van der Waals surface area (Å²) < 4.78 is 21.4. The van der Waals surface area contributed by atoms with Gasteiger partial charge in [0.1, 0.15) is 12.7 Å². The Bertz CT molecular complexity index is 534. The van der Waals surface area contributed by atoms with Crippen molar-refractivity contribution in [3.05, 3.63) is 12.7 Å². The van der Waals surface area contributed by atoms with Crippen molar-refractivity contribution in [3.8, 4) is 0 Å². The summed E-state index contributed by atoms with van der Waals surface area (Å²) in [6.45, 7) is 8.47. The highest BCUT2D eigenvalue weighted by molar-refractivity contribution is 5.81. The zero-order valence-electron chi connectivity index (χ0n) is 19.5. The molecule has 0 radical (unpaired) electrons. The number of aliphatic hydroxyl groups excluding tert-OH is 2. The predicted octanol–water partition coefficient (Wildman–Crippen LogP) is 3.22. The molecule has 0 spiro atoms. The van der Waals surface area contributed by atoms with Crippen LogP contribution < -0.4 is 0 Å². The van der Waals surface area contributed by atoms with Crippen molar-refractivity contribution >= 4 is 5.97 Å². The fourth-order valence-electron chi connectivity index (χ4n) is 5.19. The maximum Gasteiger partial charge on any atom is 0.330 e. The van der Waals surface area contributed by atoms with Crippen LogP contribution in [0, 0.1) is 17.3 Å². The van der Waals surface area contributed by atoms with E-state index in [-0.39, 0.29) is 37.4 Å². The third kappa shape index (κ3) is 8.46. The van der Waals surface area contributed by atoms with Crippen molar-refractivity contribution in [1.29, 1.82) is 0 Å². The van der Waals surface area contributed by atoms with Crippen LogP contribution in [0.3, 0.4) is 0 Å². The van der Waals surface area contributed by atoms with Gasteiger partial charge in [0.15, 0.2) is 6.29 Å². The Hall–Kier alpha value is -0.990. The average molecular weight is 443 g/mol. The summed E-state index contributed by atoms with van der Waals surface area (Å²) in [5, 5.41) is 19.7. The van der Waals surface area contributed by atoms with E-state index in [0.717, 1.165) is 57.4 Å². The Kier molecular flexibility index (Phi) is 10.9. The molecule has 2 N–H and O–H groups in total. The van der Waals surface area contributed by atoms with Gasteiger partial charge in [0, 0.05) is 13.2 Å². The fraction of sp³-hybridized carbons (Fsp3) is 0.875. The lowest BCUT2D eigenvalue weighted by Crippen LogP contribution is -2.40. The topological polar surface area (TPSA) is 94.5 Å². The molecular weight excluding hydrogens is 400 g/mol. The zero-order valence-corrected chi connectivity index (χ0v) is 19.5. The molecule has 0 saturated heterocycles. The van der Waals surface area contributed by atoms with Crippen molar-refractivity contribution in [3.63, 3.8) is 0 Å². The van der Waals surface area contributed by atoms with Gasteiger partial charge >= 0.3 is 5.97 Å². The second-order valence-corrected chi connectivity index (χ2v) is 9.64. The second-order valence-electron chi connectivity index (χ2n) is 9.64. The second kappa shape index (κ2) is 12.9. The molecule has 2 saturated carbocycles. The molecule has 0 aromatic carbocycles.